The predicted octanol–water partition coefficient (Wildman–Crippen LogP) is 6.33. The maximum absolute atomic E-state index is 14.2. The lowest BCUT2D eigenvalue weighted by Gasteiger charge is -2.40. The van der Waals surface area contributed by atoms with Gasteiger partial charge in [-0.05, 0) is 60.9 Å². The minimum Gasteiger partial charge on any atom is -0.478 e. The smallest absolute Gasteiger partial charge is 0.333 e. The number of carboxylic acid groups (broad SMARTS) is 1. The summed E-state index contributed by atoms with van der Waals surface area (Å²) in [5.74, 6) is -1.89. The number of carboxylic acids is 1. The first kappa shape index (κ1) is 24.4. The van der Waals surface area contributed by atoms with E-state index in [1.165, 1.54) is 36.4 Å². The van der Waals surface area contributed by atoms with Crippen molar-refractivity contribution in [3.63, 3.8) is 0 Å². The molecule has 3 aromatic rings. The van der Waals surface area contributed by atoms with E-state index in [0.717, 1.165) is 15.9 Å². The summed E-state index contributed by atoms with van der Waals surface area (Å²) >= 11 is 12.3. The van der Waals surface area contributed by atoms with E-state index in [0.29, 0.717) is 10.6 Å². The molecule has 9 heteroatoms. The van der Waals surface area contributed by atoms with Crippen molar-refractivity contribution < 1.29 is 22.7 Å². The molecule has 5 nitrogen and oxygen atoms in total. The molecule has 34 heavy (non-hydrogen) atoms. The number of aryl methyl sites for hydroxylation is 1. The number of hydrogen-bond donors (Lipinski definition) is 1. The first-order valence-electron chi connectivity index (χ1n) is 10.3. The van der Waals surface area contributed by atoms with Gasteiger partial charge in [0.1, 0.15) is 5.82 Å². The Morgan fingerprint density at radius 3 is 2.32 bits per heavy atom. The van der Waals surface area contributed by atoms with Crippen LogP contribution in [0, 0.1) is 12.7 Å². The van der Waals surface area contributed by atoms with Crippen LogP contribution >= 0.6 is 23.2 Å². The molecule has 1 aliphatic rings. The molecule has 1 aliphatic heterocycles. The van der Waals surface area contributed by atoms with Crippen LogP contribution in [0.2, 0.25) is 10.0 Å². The lowest BCUT2D eigenvalue weighted by atomic mass is 9.89. The van der Waals surface area contributed by atoms with Crippen LogP contribution in [0.15, 0.2) is 83.3 Å². The second-order valence-corrected chi connectivity index (χ2v) is 10.7. The zero-order valence-corrected chi connectivity index (χ0v) is 20.3. The van der Waals surface area contributed by atoms with Gasteiger partial charge in [-0.2, -0.15) is 4.31 Å². The van der Waals surface area contributed by atoms with Crippen molar-refractivity contribution in [1.82, 2.24) is 4.31 Å². The Morgan fingerprint density at radius 2 is 1.71 bits per heavy atom. The molecule has 0 aliphatic carbocycles. The van der Waals surface area contributed by atoms with Gasteiger partial charge in [-0.25, -0.2) is 17.6 Å². The predicted molar refractivity (Wildman–Crippen MR) is 129 cm³/mol. The van der Waals surface area contributed by atoms with E-state index in [2.05, 4.69) is 0 Å². The van der Waals surface area contributed by atoms with E-state index in [9.17, 15) is 22.7 Å². The van der Waals surface area contributed by atoms with E-state index in [1.807, 2.05) is 6.92 Å². The number of halogens is 3. The van der Waals surface area contributed by atoms with Crippen molar-refractivity contribution >= 4 is 39.2 Å². The highest BCUT2D eigenvalue weighted by atomic mass is 35.5. The lowest BCUT2D eigenvalue weighted by molar-refractivity contribution is -0.133. The molecule has 0 radical (unpaired) electrons. The number of rotatable bonds is 5. The molecular weight excluding hydrogens is 500 g/mol. The standard InChI is InChI=1S/C25H20Cl2FNO4S/c1-15-5-8-19(9-6-15)34(32,33)29-23(16-7-11-21(26)22(27)14-16)12-10-20(25(30)31)24(29)17-3-2-4-18(28)13-17/h2-11,13-14,23-24H,12H2,1H3,(H,30,31)/t23-,24-/m0/s1. The molecule has 0 spiro atoms. The molecule has 3 aromatic carbocycles. The van der Waals surface area contributed by atoms with Crippen LogP contribution in [-0.2, 0) is 14.8 Å². The largest absolute Gasteiger partial charge is 0.478 e. The van der Waals surface area contributed by atoms with Gasteiger partial charge in [0.05, 0.1) is 32.6 Å². The zero-order valence-electron chi connectivity index (χ0n) is 18.0. The molecule has 4 rings (SSSR count). The Kier molecular flexibility index (Phi) is 6.82. The summed E-state index contributed by atoms with van der Waals surface area (Å²) in [7, 11) is -4.25. The Balaban J connectivity index is 1.99. The Hall–Kier alpha value is -2.71. The van der Waals surface area contributed by atoms with E-state index in [-0.39, 0.29) is 27.5 Å². The van der Waals surface area contributed by atoms with Crippen LogP contribution in [0.1, 0.15) is 35.2 Å². The molecule has 0 fully saturated rings. The van der Waals surface area contributed by atoms with Crippen LogP contribution in [-0.4, -0.2) is 23.8 Å². The number of hydrogen-bond acceptors (Lipinski definition) is 3. The monoisotopic (exact) mass is 519 g/mol. The van der Waals surface area contributed by atoms with Gasteiger partial charge in [-0.1, -0.05) is 65.2 Å². The minimum atomic E-state index is -4.25. The summed E-state index contributed by atoms with van der Waals surface area (Å²) in [6, 6.07) is 14.3. The molecule has 176 valence electrons. The van der Waals surface area contributed by atoms with Crippen LogP contribution in [0.25, 0.3) is 0 Å². The fourth-order valence-electron chi connectivity index (χ4n) is 4.12. The fraction of sp³-hybridized carbons (Fsp3) is 0.160. The number of sulfonamides is 1. The summed E-state index contributed by atoms with van der Waals surface area (Å²) in [5, 5.41) is 10.5. The third kappa shape index (κ3) is 4.61. The number of carbonyl (C=O) groups is 1. The van der Waals surface area contributed by atoms with Gasteiger partial charge in [0, 0.05) is 0 Å². The Morgan fingerprint density at radius 1 is 1.00 bits per heavy atom. The van der Waals surface area contributed by atoms with Crippen LogP contribution < -0.4 is 0 Å². The van der Waals surface area contributed by atoms with Gasteiger partial charge in [0.2, 0.25) is 10.0 Å². The summed E-state index contributed by atoms with van der Waals surface area (Å²) in [5.41, 5.74) is 1.45. The molecule has 1 heterocycles. The summed E-state index contributed by atoms with van der Waals surface area (Å²) in [4.78, 5) is 12.2. The highest BCUT2D eigenvalue weighted by Gasteiger charge is 2.44. The molecule has 0 amide bonds. The van der Waals surface area contributed by atoms with Gasteiger partial charge in [0.25, 0.3) is 0 Å². The number of nitrogens with zero attached hydrogens (tertiary/aromatic N) is 1. The summed E-state index contributed by atoms with van der Waals surface area (Å²) < 4.78 is 43.4. The highest BCUT2D eigenvalue weighted by molar-refractivity contribution is 7.89. The van der Waals surface area contributed by atoms with Gasteiger partial charge >= 0.3 is 5.97 Å². The number of aliphatic carboxylic acids is 1. The quantitative estimate of drug-likeness (QED) is 0.427. The molecule has 1 N–H and O–H groups in total. The molecule has 0 saturated heterocycles. The van der Waals surface area contributed by atoms with Crippen LogP contribution in [0.3, 0.4) is 0 Å². The average molecular weight is 520 g/mol. The van der Waals surface area contributed by atoms with Gasteiger partial charge in [-0.15, -0.1) is 0 Å². The lowest BCUT2D eigenvalue weighted by Crippen LogP contribution is -2.42. The third-order valence-corrected chi connectivity index (χ3v) is 8.38. The van der Waals surface area contributed by atoms with Crippen molar-refractivity contribution in [2.45, 2.75) is 30.3 Å². The van der Waals surface area contributed by atoms with E-state index in [1.54, 1.807) is 30.3 Å². The highest BCUT2D eigenvalue weighted by Crippen LogP contribution is 2.46. The first-order valence-corrected chi connectivity index (χ1v) is 12.5. The summed E-state index contributed by atoms with van der Waals surface area (Å²) in [6.45, 7) is 1.83. The third-order valence-electron chi connectivity index (χ3n) is 5.75. The molecule has 2 atom stereocenters. The first-order chi connectivity index (χ1) is 16.1. The molecule has 0 aromatic heterocycles. The van der Waals surface area contributed by atoms with E-state index in [4.69, 9.17) is 23.2 Å². The minimum absolute atomic E-state index is 0.00352. The van der Waals surface area contributed by atoms with Crippen molar-refractivity contribution in [3.8, 4) is 0 Å². The van der Waals surface area contributed by atoms with Crippen molar-refractivity contribution in [1.29, 1.82) is 0 Å². The molecule has 0 unspecified atom stereocenters. The maximum atomic E-state index is 14.2. The maximum Gasteiger partial charge on any atom is 0.333 e. The molecule has 0 saturated carbocycles. The average Bonchev–Trinajstić information content (AvgIpc) is 2.80. The Labute approximate surface area is 207 Å². The van der Waals surface area contributed by atoms with Crippen LogP contribution in [0.5, 0.6) is 0 Å². The topological polar surface area (TPSA) is 74.7 Å². The van der Waals surface area contributed by atoms with Crippen molar-refractivity contribution in [2.75, 3.05) is 0 Å². The van der Waals surface area contributed by atoms with Crippen molar-refractivity contribution in [2.24, 2.45) is 0 Å². The van der Waals surface area contributed by atoms with Gasteiger partial charge in [0.15, 0.2) is 0 Å². The fourth-order valence-corrected chi connectivity index (χ4v) is 6.21. The van der Waals surface area contributed by atoms with Crippen molar-refractivity contribution in [3.05, 3.63) is 111 Å². The van der Waals surface area contributed by atoms with E-state index >= 15 is 0 Å². The van der Waals surface area contributed by atoms with Gasteiger partial charge in [-0.3, -0.25) is 0 Å². The number of benzene rings is 3. The molecular formula is C25H20Cl2FNO4S. The second-order valence-electron chi connectivity index (χ2n) is 8.00. The second kappa shape index (κ2) is 9.50. The summed E-state index contributed by atoms with van der Waals surface area (Å²) in [6.07, 6.45) is 1.56. The molecule has 0 bridgehead atoms. The Bertz CT molecular complexity index is 1390. The zero-order chi connectivity index (χ0) is 24.6. The van der Waals surface area contributed by atoms with Gasteiger partial charge < -0.3 is 5.11 Å². The van der Waals surface area contributed by atoms with Crippen LogP contribution in [0.4, 0.5) is 4.39 Å². The SMILES string of the molecule is Cc1ccc(S(=O)(=O)N2[C@@H](c3cccc(F)c3)C(C(=O)O)=CC[C@H]2c2ccc(Cl)c(Cl)c2)cc1. The normalized spacial score (nSPS) is 19.0. The van der Waals surface area contributed by atoms with E-state index < -0.39 is 33.9 Å².